The second-order valence-corrected chi connectivity index (χ2v) is 7.67. The van der Waals surface area contributed by atoms with E-state index in [1.165, 1.54) is 0 Å². The first kappa shape index (κ1) is 17.1. The smallest absolute Gasteiger partial charge is 0.316 e. The summed E-state index contributed by atoms with van der Waals surface area (Å²) >= 11 is 0. The summed E-state index contributed by atoms with van der Waals surface area (Å²) in [6, 6.07) is 8.55. The van der Waals surface area contributed by atoms with Gasteiger partial charge in [-0.3, -0.25) is 15.3 Å². The van der Waals surface area contributed by atoms with Crippen molar-refractivity contribution >= 4 is 22.6 Å². The fourth-order valence-corrected chi connectivity index (χ4v) is 4.44. The highest BCUT2D eigenvalue weighted by Crippen LogP contribution is 2.30. The lowest BCUT2D eigenvalue weighted by Crippen LogP contribution is -2.55. The molecule has 7 heteroatoms. The highest BCUT2D eigenvalue weighted by Gasteiger charge is 2.41. The van der Waals surface area contributed by atoms with E-state index < -0.39 is 0 Å². The molecule has 0 radical (unpaired) electrons. The summed E-state index contributed by atoms with van der Waals surface area (Å²) in [4.78, 5) is 30.2. The average molecular weight is 374 g/mol. The van der Waals surface area contributed by atoms with Gasteiger partial charge in [0.15, 0.2) is 0 Å². The molecule has 1 N–H and O–H groups in total. The zero-order chi connectivity index (χ0) is 19.1. The van der Waals surface area contributed by atoms with Crippen LogP contribution in [0.2, 0.25) is 0 Å². The van der Waals surface area contributed by atoms with Crippen molar-refractivity contribution in [1.29, 1.82) is 0 Å². The standard InChI is InChI=1S/C21H22N6O/c1-26-12-17-4-5-18(13-26)27(17)21(28)25-20-9-16-8-14(2-3-15(16)10-24-20)19-11-22-6-7-23-19/h2-3,6-11,17-18H,4-5,12-13H2,1H3,(H,24,25,28). The Bertz CT molecular complexity index is 1010. The number of piperazine rings is 1. The zero-order valence-corrected chi connectivity index (χ0v) is 15.7. The van der Waals surface area contributed by atoms with Gasteiger partial charge >= 0.3 is 6.03 Å². The molecule has 2 aliphatic heterocycles. The number of likely N-dealkylation sites (N-methyl/N-ethyl adjacent to an activating group) is 1. The van der Waals surface area contributed by atoms with Gasteiger partial charge in [0, 0.05) is 54.7 Å². The molecule has 0 saturated carbocycles. The van der Waals surface area contributed by atoms with Crippen LogP contribution in [0.25, 0.3) is 22.0 Å². The molecule has 0 spiro atoms. The number of hydrogen-bond donors (Lipinski definition) is 1. The molecule has 2 saturated heterocycles. The van der Waals surface area contributed by atoms with Crippen LogP contribution in [0.15, 0.2) is 49.1 Å². The minimum Gasteiger partial charge on any atom is -0.316 e. The molecular weight excluding hydrogens is 352 g/mol. The number of carbonyl (C=O) groups is 1. The van der Waals surface area contributed by atoms with Gasteiger partial charge in [-0.05, 0) is 37.4 Å². The van der Waals surface area contributed by atoms with E-state index in [1.54, 1.807) is 24.8 Å². The van der Waals surface area contributed by atoms with Crippen LogP contribution in [-0.4, -0.2) is 63.0 Å². The molecule has 142 valence electrons. The molecule has 7 nitrogen and oxygen atoms in total. The topological polar surface area (TPSA) is 74.2 Å². The van der Waals surface area contributed by atoms with Crippen LogP contribution in [0.3, 0.4) is 0 Å². The van der Waals surface area contributed by atoms with E-state index in [4.69, 9.17) is 0 Å². The molecule has 5 rings (SSSR count). The Morgan fingerprint density at radius 1 is 1.04 bits per heavy atom. The first-order valence-corrected chi connectivity index (χ1v) is 9.61. The number of rotatable bonds is 2. The summed E-state index contributed by atoms with van der Waals surface area (Å²) in [5.41, 5.74) is 1.81. The van der Waals surface area contributed by atoms with Crippen LogP contribution in [0, 0.1) is 0 Å². The third-order valence-electron chi connectivity index (χ3n) is 5.71. The Balaban J connectivity index is 1.39. The number of carbonyl (C=O) groups excluding carboxylic acids is 1. The van der Waals surface area contributed by atoms with Crippen molar-refractivity contribution < 1.29 is 4.79 Å². The number of pyridine rings is 1. The van der Waals surface area contributed by atoms with Gasteiger partial charge in [0.25, 0.3) is 0 Å². The SMILES string of the molecule is CN1CC2CCC(C1)N2C(=O)Nc1cc2cc(-c3cnccn3)ccc2cn1. The molecule has 0 aliphatic carbocycles. The number of urea groups is 1. The Labute approximate surface area is 163 Å². The average Bonchev–Trinajstić information content (AvgIpc) is 2.99. The number of aromatic nitrogens is 3. The number of benzene rings is 1. The molecule has 2 aliphatic rings. The predicted molar refractivity (Wildman–Crippen MR) is 108 cm³/mol. The molecule has 2 atom stereocenters. The van der Waals surface area contributed by atoms with E-state index in [0.717, 1.165) is 48.0 Å². The van der Waals surface area contributed by atoms with Gasteiger partial charge in [-0.15, -0.1) is 0 Å². The largest absolute Gasteiger partial charge is 0.323 e. The number of fused-ring (bicyclic) bond motifs is 3. The second kappa shape index (κ2) is 6.83. The second-order valence-electron chi connectivity index (χ2n) is 7.67. The van der Waals surface area contributed by atoms with Crippen LogP contribution < -0.4 is 5.32 Å². The molecule has 2 fully saturated rings. The van der Waals surface area contributed by atoms with E-state index >= 15 is 0 Å². The van der Waals surface area contributed by atoms with Crippen molar-refractivity contribution in [2.24, 2.45) is 0 Å². The fourth-order valence-electron chi connectivity index (χ4n) is 4.44. The highest BCUT2D eigenvalue weighted by molar-refractivity contribution is 5.93. The first-order valence-electron chi connectivity index (χ1n) is 9.61. The Hall–Kier alpha value is -3.06. The van der Waals surface area contributed by atoms with Crippen molar-refractivity contribution in [3.8, 4) is 11.3 Å². The van der Waals surface area contributed by atoms with E-state index in [-0.39, 0.29) is 6.03 Å². The lowest BCUT2D eigenvalue weighted by molar-refractivity contribution is 0.111. The number of nitrogens with one attached hydrogen (secondary N) is 1. The Morgan fingerprint density at radius 2 is 1.86 bits per heavy atom. The monoisotopic (exact) mass is 374 g/mol. The van der Waals surface area contributed by atoms with Gasteiger partial charge in [0.05, 0.1) is 11.9 Å². The van der Waals surface area contributed by atoms with Crippen molar-refractivity contribution in [3.63, 3.8) is 0 Å². The van der Waals surface area contributed by atoms with Crippen LogP contribution >= 0.6 is 0 Å². The molecule has 1 aromatic carbocycles. The lowest BCUT2D eigenvalue weighted by Gasteiger charge is -2.39. The van der Waals surface area contributed by atoms with E-state index in [9.17, 15) is 4.79 Å². The Morgan fingerprint density at radius 3 is 2.61 bits per heavy atom. The maximum Gasteiger partial charge on any atom is 0.323 e. The van der Waals surface area contributed by atoms with Gasteiger partial charge in [0.2, 0.25) is 0 Å². The molecule has 2 unspecified atom stereocenters. The Kier molecular flexibility index (Phi) is 4.16. The summed E-state index contributed by atoms with van der Waals surface area (Å²) in [6.07, 6.45) is 9.04. The van der Waals surface area contributed by atoms with E-state index in [2.05, 4.69) is 38.3 Å². The maximum absolute atomic E-state index is 12.9. The minimum absolute atomic E-state index is 0.0440. The number of amides is 2. The summed E-state index contributed by atoms with van der Waals surface area (Å²) < 4.78 is 0. The van der Waals surface area contributed by atoms with Gasteiger partial charge in [-0.1, -0.05) is 12.1 Å². The van der Waals surface area contributed by atoms with Crippen molar-refractivity contribution in [2.75, 3.05) is 25.5 Å². The van der Waals surface area contributed by atoms with Crippen LogP contribution in [0.4, 0.5) is 10.6 Å². The van der Waals surface area contributed by atoms with Crippen LogP contribution in [-0.2, 0) is 0 Å². The van der Waals surface area contributed by atoms with Crippen molar-refractivity contribution in [3.05, 3.63) is 49.1 Å². The van der Waals surface area contributed by atoms with E-state index in [1.807, 2.05) is 23.1 Å². The minimum atomic E-state index is -0.0440. The normalized spacial score (nSPS) is 21.8. The predicted octanol–water partition coefficient (Wildman–Crippen LogP) is 3.00. The number of anilines is 1. The molecule has 3 aromatic rings. The first-order chi connectivity index (χ1) is 13.7. The molecule has 28 heavy (non-hydrogen) atoms. The van der Waals surface area contributed by atoms with Gasteiger partial charge < -0.3 is 9.80 Å². The summed E-state index contributed by atoms with van der Waals surface area (Å²) in [5, 5.41) is 5.04. The van der Waals surface area contributed by atoms with Crippen molar-refractivity contribution in [1.82, 2.24) is 24.8 Å². The number of hydrogen-bond acceptors (Lipinski definition) is 5. The molecule has 2 bridgehead atoms. The fraction of sp³-hybridized carbons (Fsp3) is 0.333. The van der Waals surface area contributed by atoms with Crippen molar-refractivity contribution in [2.45, 2.75) is 24.9 Å². The van der Waals surface area contributed by atoms with Gasteiger partial charge in [-0.2, -0.15) is 0 Å². The third kappa shape index (κ3) is 3.07. The maximum atomic E-state index is 12.9. The number of nitrogens with zero attached hydrogens (tertiary/aromatic N) is 5. The molecule has 2 aromatic heterocycles. The number of likely N-dealkylation sites (tertiary alicyclic amines) is 1. The third-order valence-corrected chi connectivity index (χ3v) is 5.71. The summed E-state index contributed by atoms with van der Waals surface area (Å²) in [5.74, 6) is 0.576. The van der Waals surface area contributed by atoms with Gasteiger partial charge in [-0.25, -0.2) is 9.78 Å². The molecule has 2 amide bonds. The van der Waals surface area contributed by atoms with Crippen LogP contribution in [0.1, 0.15) is 12.8 Å². The zero-order valence-electron chi connectivity index (χ0n) is 15.7. The summed E-state index contributed by atoms with van der Waals surface area (Å²) in [7, 11) is 2.13. The quantitative estimate of drug-likeness (QED) is 0.746. The summed E-state index contributed by atoms with van der Waals surface area (Å²) in [6.45, 7) is 1.88. The molecule has 4 heterocycles. The highest BCUT2D eigenvalue weighted by atomic mass is 16.2. The molecular formula is C21H22N6O. The lowest BCUT2D eigenvalue weighted by atomic mass is 10.1. The van der Waals surface area contributed by atoms with Gasteiger partial charge in [0.1, 0.15) is 5.82 Å². The van der Waals surface area contributed by atoms with E-state index in [0.29, 0.717) is 17.9 Å². The van der Waals surface area contributed by atoms with Crippen LogP contribution in [0.5, 0.6) is 0 Å².